The third kappa shape index (κ3) is 5.24. The van der Waals surface area contributed by atoms with Gasteiger partial charge < -0.3 is 5.73 Å². The Kier molecular flexibility index (Phi) is 6.94. The van der Waals surface area contributed by atoms with E-state index in [1.165, 1.54) is 23.9 Å². The van der Waals surface area contributed by atoms with E-state index in [1.54, 1.807) is 12.3 Å². The monoisotopic (exact) mass is 424 g/mol. The highest BCUT2D eigenvalue weighted by molar-refractivity contribution is 7.98. The van der Waals surface area contributed by atoms with Gasteiger partial charge >= 0.3 is 0 Å². The Morgan fingerprint density at radius 1 is 1.33 bits per heavy atom. The van der Waals surface area contributed by atoms with Crippen LogP contribution in [0.25, 0.3) is 10.6 Å². The zero-order valence-electron chi connectivity index (χ0n) is 15.8. The number of nitrogens with two attached hydrogens (primary N) is 1. The number of halogens is 2. The molecule has 1 aromatic carbocycles. The molecule has 1 heterocycles. The number of nitrogen functional groups attached to an aromatic ring is 1. The van der Waals surface area contributed by atoms with Gasteiger partial charge in [0, 0.05) is 22.5 Å². The van der Waals surface area contributed by atoms with E-state index in [-0.39, 0.29) is 16.7 Å². The molecule has 144 valence electrons. The van der Waals surface area contributed by atoms with E-state index in [2.05, 4.69) is 22.6 Å². The average molecular weight is 425 g/mol. The van der Waals surface area contributed by atoms with Crippen molar-refractivity contribution in [3.8, 4) is 0 Å². The summed E-state index contributed by atoms with van der Waals surface area (Å²) in [5, 5.41) is 0.902. The van der Waals surface area contributed by atoms with Crippen molar-refractivity contribution < 1.29 is 4.39 Å². The van der Waals surface area contributed by atoms with Crippen LogP contribution in [0.1, 0.15) is 39.0 Å². The van der Waals surface area contributed by atoms with Crippen molar-refractivity contribution in [2.24, 2.45) is 10.4 Å². The smallest absolute Gasteiger partial charge is 0.187 e. The second-order valence-corrected chi connectivity index (χ2v) is 8.59. The van der Waals surface area contributed by atoms with Crippen LogP contribution in [-0.2, 0) is 0 Å². The topological polar surface area (TPSA) is 64.2 Å². The summed E-state index contributed by atoms with van der Waals surface area (Å²) in [6.07, 6.45) is 3.51. The third-order valence-corrected chi connectivity index (χ3v) is 5.19. The number of benzene rings is 1. The lowest BCUT2D eigenvalue weighted by molar-refractivity contribution is 0.588. The summed E-state index contributed by atoms with van der Waals surface area (Å²) >= 11 is 12.1. The zero-order valence-corrected chi connectivity index (χ0v) is 18.3. The first-order chi connectivity index (χ1) is 12.5. The van der Waals surface area contributed by atoms with Crippen molar-refractivity contribution in [2.45, 2.75) is 32.9 Å². The van der Waals surface area contributed by atoms with Crippen LogP contribution in [0.3, 0.4) is 0 Å². The molecule has 27 heavy (non-hydrogen) atoms. The molecule has 2 rings (SSSR count). The van der Waals surface area contributed by atoms with E-state index >= 15 is 0 Å². The number of anilines is 1. The van der Waals surface area contributed by atoms with Crippen LogP contribution in [-0.4, -0.2) is 21.9 Å². The molecule has 0 spiro atoms. The SMILES string of the molecule is CSc1nccc(/C(S)=C(/N=C(C)C(C)(C)C)c2cc(Cl)cc(N)c2F)n1. The fraction of sp³-hybridized carbons (Fsp3) is 0.316. The first-order valence-electron chi connectivity index (χ1n) is 8.16. The number of thioether (sulfide) groups is 1. The highest BCUT2D eigenvalue weighted by atomic mass is 35.5. The molecule has 0 amide bonds. The maximum absolute atomic E-state index is 14.8. The third-order valence-electron chi connectivity index (χ3n) is 3.97. The van der Waals surface area contributed by atoms with E-state index in [0.717, 1.165) is 5.71 Å². The highest BCUT2D eigenvalue weighted by Gasteiger charge is 2.20. The lowest BCUT2D eigenvalue weighted by Gasteiger charge is -2.20. The van der Waals surface area contributed by atoms with E-state index in [4.69, 9.17) is 22.3 Å². The fourth-order valence-electron chi connectivity index (χ4n) is 2.05. The molecule has 1 aromatic heterocycles. The Bertz CT molecular complexity index is 920. The molecule has 0 saturated heterocycles. The van der Waals surface area contributed by atoms with Gasteiger partial charge in [0.05, 0.1) is 22.0 Å². The van der Waals surface area contributed by atoms with Gasteiger partial charge in [-0.1, -0.05) is 44.1 Å². The van der Waals surface area contributed by atoms with E-state index in [0.29, 0.717) is 26.5 Å². The Labute approximate surface area is 174 Å². The van der Waals surface area contributed by atoms with Gasteiger partial charge in [0.2, 0.25) is 0 Å². The van der Waals surface area contributed by atoms with Gasteiger partial charge in [-0.3, -0.25) is 4.99 Å². The Hall–Kier alpha value is -1.57. The van der Waals surface area contributed by atoms with Crippen LogP contribution in [0.5, 0.6) is 0 Å². The molecule has 0 unspecified atom stereocenters. The summed E-state index contributed by atoms with van der Waals surface area (Å²) in [5.74, 6) is -0.592. The van der Waals surface area contributed by atoms with Crippen LogP contribution in [0.4, 0.5) is 10.1 Å². The molecule has 0 radical (unpaired) electrons. The lowest BCUT2D eigenvalue weighted by Crippen LogP contribution is -2.17. The van der Waals surface area contributed by atoms with Gasteiger partial charge in [0.1, 0.15) is 0 Å². The van der Waals surface area contributed by atoms with E-state index < -0.39 is 5.82 Å². The second-order valence-electron chi connectivity index (χ2n) is 6.93. The summed E-state index contributed by atoms with van der Waals surface area (Å²) in [5.41, 5.74) is 7.36. The highest BCUT2D eigenvalue weighted by Crippen LogP contribution is 2.35. The summed E-state index contributed by atoms with van der Waals surface area (Å²) < 4.78 is 14.8. The van der Waals surface area contributed by atoms with Gasteiger partial charge in [-0.2, -0.15) is 0 Å². The van der Waals surface area contributed by atoms with Crippen LogP contribution in [0, 0.1) is 11.2 Å². The summed E-state index contributed by atoms with van der Waals surface area (Å²) in [7, 11) is 0. The van der Waals surface area contributed by atoms with E-state index in [1.807, 2.05) is 34.0 Å². The van der Waals surface area contributed by atoms with Gasteiger partial charge in [0.25, 0.3) is 0 Å². The maximum Gasteiger partial charge on any atom is 0.187 e. The van der Waals surface area contributed by atoms with Crippen molar-refractivity contribution in [3.63, 3.8) is 0 Å². The Morgan fingerprint density at radius 3 is 2.59 bits per heavy atom. The average Bonchev–Trinajstić information content (AvgIpc) is 2.61. The minimum Gasteiger partial charge on any atom is -0.396 e. The van der Waals surface area contributed by atoms with Crippen molar-refractivity contribution in [1.82, 2.24) is 9.97 Å². The van der Waals surface area contributed by atoms with Crippen molar-refractivity contribution >= 4 is 58.0 Å². The molecular weight excluding hydrogens is 403 g/mol. The largest absolute Gasteiger partial charge is 0.396 e. The number of rotatable bonds is 4. The van der Waals surface area contributed by atoms with Crippen molar-refractivity contribution in [3.05, 3.63) is 46.5 Å². The van der Waals surface area contributed by atoms with Gasteiger partial charge in [-0.15, -0.1) is 12.6 Å². The maximum atomic E-state index is 14.8. The normalized spacial score (nSPS) is 13.6. The fourth-order valence-corrected chi connectivity index (χ4v) is 2.93. The van der Waals surface area contributed by atoms with Crippen molar-refractivity contribution in [1.29, 1.82) is 0 Å². The zero-order chi connectivity index (χ0) is 20.4. The van der Waals surface area contributed by atoms with Gasteiger partial charge in [-0.25, -0.2) is 14.4 Å². The first-order valence-corrected chi connectivity index (χ1v) is 10.2. The molecular formula is C19H22ClFN4S2. The van der Waals surface area contributed by atoms with Crippen LogP contribution < -0.4 is 5.73 Å². The van der Waals surface area contributed by atoms with Gasteiger partial charge in [0.15, 0.2) is 11.0 Å². The molecule has 0 aliphatic rings. The molecule has 2 aromatic rings. The van der Waals surface area contributed by atoms with Gasteiger partial charge in [-0.05, 0) is 36.8 Å². The lowest BCUT2D eigenvalue weighted by atomic mass is 9.91. The number of nitrogens with zero attached hydrogens (tertiary/aromatic N) is 3. The summed E-state index contributed by atoms with van der Waals surface area (Å²) in [6, 6.07) is 4.57. The summed E-state index contributed by atoms with van der Waals surface area (Å²) in [4.78, 5) is 13.7. The summed E-state index contributed by atoms with van der Waals surface area (Å²) in [6.45, 7) is 7.97. The molecule has 8 heteroatoms. The standard InChI is InChI=1S/C19H22ClFN4S2/c1-10(19(2,3)4)24-16(12-8-11(20)9-13(22)15(12)21)17(26)14-6-7-23-18(25-14)27-5/h6-9,26H,22H2,1-5H3/b17-16-,24-10?. The number of hydrogen-bond acceptors (Lipinski definition) is 6. The minimum atomic E-state index is -0.592. The molecule has 0 aliphatic heterocycles. The molecule has 2 N–H and O–H groups in total. The number of aromatic nitrogens is 2. The molecule has 0 aliphatic carbocycles. The predicted octanol–water partition coefficient (Wildman–Crippen LogP) is 5.84. The molecule has 0 bridgehead atoms. The number of hydrogen-bond donors (Lipinski definition) is 2. The molecule has 4 nitrogen and oxygen atoms in total. The second kappa shape index (κ2) is 8.63. The van der Waals surface area contributed by atoms with E-state index in [9.17, 15) is 4.39 Å². The van der Waals surface area contributed by atoms with Crippen molar-refractivity contribution in [2.75, 3.05) is 12.0 Å². The first kappa shape index (κ1) is 21.7. The van der Waals surface area contributed by atoms with Crippen LogP contribution in [0.15, 0.2) is 34.5 Å². The van der Waals surface area contributed by atoms with Crippen LogP contribution in [0.2, 0.25) is 5.02 Å². The Balaban J connectivity index is 2.81. The Morgan fingerprint density at radius 2 is 2.00 bits per heavy atom. The quantitative estimate of drug-likeness (QED) is 0.213. The number of thiol groups is 1. The van der Waals surface area contributed by atoms with Crippen LogP contribution >= 0.6 is 36.0 Å². The minimum absolute atomic E-state index is 0.0489. The molecule has 0 fully saturated rings. The number of aliphatic imine (C=N–C) groups is 1. The molecule has 0 saturated carbocycles. The predicted molar refractivity (Wildman–Crippen MR) is 118 cm³/mol. The molecule has 0 atom stereocenters.